The summed E-state index contributed by atoms with van der Waals surface area (Å²) in [6.45, 7) is 4.12. The Labute approximate surface area is 91.1 Å². The summed E-state index contributed by atoms with van der Waals surface area (Å²) < 4.78 is 0. The lowest BCUT2D eigenvalue weighted by Gasteiger charge is -2.29. The van der Waals surface area contributed by atoms with E-state index < -0.39 is 0 Å². The molecule has 0 aliphatic carbocycles. The van der Waals surface area contributed by atoms with Crippen LogP contribution in [-0.2, 0) is 0 Å². The van der Waals surface area contributed by atoms with Crippen LogP contribution in [-0.4, -0.2) is 30.6 Å². The van der Waals surface area contributed by atoms with Crippen LogP contribution in [0.3, 0.4) is 0 Å². The van der Waals surface area contributed by atoms with Crippen LogP contribution in [0.5, 0.6) is 0 Å². The van der Waals surface area contributed by atoms with Gasteiger partial charge in [-0.15, -0.1) is 0 Å². The molecule has 0 aromatic heterocycles. The number of amidine groups is 1. The normalized spacial score (nSPS) is 11.9. The molecule has 1 aromatic rings. The Bertz CT molecular complexity index is 320. The molecule has 15 heavy (non-hydrogen) atoms. The summed E-state index contributed by atoms with van der Waals surface area (Å²) in [6.07, 6.45) is 0. The Morgan fingerprint density at radius 3 is 2.33 bits per heavy atom. The fraction of sp³-hybridized carbons (Fsp3) is 0.417. The van der Waals surface area contributed by atoms with Crippen LogP contribution >= 0.6 is 0 Å². The van der Waals surface area contributed by atoms with Crippen molar-refractivity contribution in [3.05, 3.63) is 30.3 Å². The zero-order valence-corrected chi connectivity index (χ0v) is 9.51. The van der Waals surface area contributed by atoms with Gasteiger partial charge < -0.3 is 10.0 Å². The largest absolute Gasteiger partial charge is 0.388 e. The molecule has 1 aromatic carbocycles. The van der Waals surface area contributed by atoms with Gasteiger partial charge in [0.1, 0.15) is 12.4 Å². The molecule has 0 saturated carbocycles. The second-order valence-corrected chi connectivity index (χ2v) is 3.60. The number of aliphatic hydroxyl groups is 1. The lowest BCUT2D eigenvalue weighted by Crippen LogP contribution is -2.39. The molecule has 0 fully saturated rings. The van der Waals surface area contributed by atoms with Crippen LogP contribution in [0.2, 0.25) is 0 Å². The van der Waals surface area contributed by atoms with Crippen molar-refractivity contribution in [1.82, 2.24) is 0 Å². The summed E-state index contributed by atoms with van der Waals surface area (Å²) in [6, 6.07) is 10.2. The zero-order chi connectivity index (χ0) is 11.3. The van der Waals surface area contributed by atoms with E-state index in [1.807, 2.05) is 35.2 Å². The molecule has 0 aliphatic heterocycles. The van der Waals surface area contributed by atoms with E-state index in [1.165, 1.54) is 0 Å². The molecule has 0 amide bonds. The third-order valence-corrected chi connectivity index (χ3v) is 2.23. The minimum Gasteiger partial charge on any atom is -0.388 e. The number of rotatable bonds is 3. The minimum atomic E-state index is -0.0381. The first-order valence-corrected chi connectivity index (χ1v) is 5.11. The third-order valence-electron chi connectivity index (χ3n) is 2.23. The summed E-state index contributed by atoms with van der Waals surface area (Å²) in [5, 5.41) is 9.23. The van der Waals surface area contributed by atoms with Gasteiger partial charge in [0.15, 0.2) is 0 Å². The fourth-order valence-electron chi connectivity index (χ4n) is 1.59. The van der Waals surface area contributed by atoms with E-state index in [0.717, 1.165) is 5.69 Å². The van der Waals surface area contributed by atoms with Crippen molar-refractivity contribution in [2.75, 3.05) is 18.6 Å². The molecular formula is C12H18N2O. The number of aliphatic imine (C=N–C) groups is 1. The predicted octanol–water partition coefficient (Wildman–Crippen LogP) is 1.92. The van der Waals surface area contributed by atoms with Gasteiger partial charge in [-0.05, 0) is 26.0 Å². The van der Waals surface area contributed by atoms with E-state index in [1.54, 1.807) is 7.05 Å². The van der Waals surface area contributed by atoms with E-state index in [9.17, 15) is 5.11 Å². The summed E-state index contributed by atoms with van der Waals surface area (Å²) >= 11 is 0. The molecule has 0 aliphatic rings. The molecule has 0 bridgehead atoms. The number of hydrogen-bond acceptors (Lipinski definition) is 2. The zero-order valence-electron chi connectivity index (χ0n) is 9.51. The van der Waals surface area contributed by atoms with Gasteiger partial charge in [-0.25, -0.2) is 0 Å². The molecule has 0 saturated heterocycles. The summed E-state index contributed by atoms with van der Waals surface area (Å²) in [5.74, 6) is 0.691. The Hall–Kier alpha value is -1.35. The first kappa shape index (κ1) is 11.7. The van der Waals surface area contributed by atoms with E-state index in [2.05, 4.69) is 18.8 Å². The molecule has 3 heteroatoms. The van der Waals surface area contributed by atoms with Gasteiger partial charge >= 0.3 is 0 Å². The topological polar surface area (TPSA) is 35.8 Å². The quantitative estimate of drug-likeness (QED) is 0.606. The van der Waals surface area contributed by atoms with E-state index in [0.29, 0.717) is 5.84 Å². The van der Waals surface area contributed by atoms with Crippen molar-refractivity contribution < 1.29 is 5.11 Å². The summed E-state index contributed by atoms with van der Waals surface area (Å²) in [4.78, 5) is 6.12. The molecule has 0 unspecified atom stereocenters. The van der Waals surface area contributed by atoms with Crippen molar-refractivity contribution in [2.45, 2.75) is 19.9 Å². The number of benzene rings is 1. The SMILES string of the molecule is CN=C(CO)N(c1ccccc1)C(C)C. The highest BCUT2D eigenvalue weighted by Crippen LogP contribution is 2.16. The standard InChI is InChI=1S/C12H18N2O/c1-10(2)14(12(9-15)13-3)11-7-5-4-6-8-11/h4-8,10,15H,9H2,1-3H3. The number of para-hydroxylation sites is 1. The Morgan fingerprint density at radius 2 is 1.93 bits per heavy atom. The molecule has 1 N–H and O–H groups in total. The third kappa shape index (κ3) is 2.80. The number of aliphatic hydroxyl groups excluding tert-OH is 1. The number of hydrogen-bond donors (Lipinski definition) is 1. The summed E-state index contributed by atoms with van der Waals surface area (Å²) in [5.41, 5.74) is 1.06. The molecule has 82 valence electrons. The van der Waals surface area contributed by atoms with Crippen molar-refractivity contribution in [2.24, 2.45) is 4.99 Å². The van der Waals surface area contributed by atoms with Gasteiger partial charge in [0.25, 0.3) is 0 Å². The van der Waals surface area contributed by atoms with Crippen LogP contribution in [0.25, 0.3) is 0 Å². The maximum absolute atomic E-state index is 9.23. The van der Waals surface area contributed by atoms with Crippen molar-refractivity contribution in [3.63, 3.8) is 0 Å². The van der Waals surface area contributed by atoms with Gasteiger partial charge in [-0.3, -0.25) is 4.99 Å². The molecule has 1 rings (SSSR count). The smallest absolute Gasteiger partial charge is 0.129 e. The van der Waals surface area contributed by atoms with Crippen LogP contribution in [0, 0.1) is 0 Å². The van der Waals surface area contributed by atoms with Crippen molar-refractivity contribution in [1.29, 1.82) is 0 Å². The van der Waals surface area contributed by atoms with Crippen LogP contribution in [0.1, 0.15) is 13.8 Å². The number of anilines is 1. The van der Waals surface area contributed by atoms with E-state index in [-0.39, 0.29) is 12.6 Å². The first-order chi connectivity index (χ1) is 7.20. The molecule has 0 radical (unpaired) electrons. The average Bonchev–Trinajstić information content (AvgIpc) is 2.26. The van der Waals surface area contributed by atoms with Gasteiger partial charge in [-0.1, -0.05) is 18.2 Å². The van der Waals surface area contributed by atoms with E-state index >= 15 is 0 Å². The second-order valence-electron chi connectivity index (χ2n) is 3.60. The maximum atomic E-state index is 9.23. The van der Waals surface area contributed by atoms with Gasteiger partial charge in [0.05, 0.1) is 0 Å². The van der Waals surface area contributed by atoms with Crippen LogP contribution < -0.4 is 4.90 Å². The van der Waals surface area contributed by atoms with Crippen LogP contribution in [0.4, 0.5) is 5.69 Å². The maximum Gasteiger partial charge on any atom is 0.129 e. The molecular weight excluding hydrogens is 188 g/mol. The average molecular weight is 206 g/mol. The minimum absolute atomic E-state index is 0.0381. The van der Waals surface area contributed by atoms with E-state index in [4.69, 9.17) is 0 Å². The second kappa shape index (κ2) is 5.51. The fourth-order valence-corrected chi connectivity index (χ4v) is 1.59. The highest BCUT2D eigenvalue weighted by atomic mass is 16.3. The summed E-state index contributed by atoms with van der Waals surface area (Å²) in [7, 11) is 1.70. The van der Waals surface area contributed by atoms with Gasteiger partial charge in [0.2, 0.25) is 0 Å². The number of nitrogens with zero attached hydrogens (tertiary/aromatic N) is 2. The highest BCUT2D eigenvalue weighted by molar-refractivity contribution is 5.98. The highest BCUT2D eigenvalue weighted by Gasteiger charge is 2.15. The molecule has 0 heterocycles. The lowest BCUT2D eigenvalue weighted by atomic mass is 10.2. The van der Waals surface area contributed by atoms with Crippen molar-refractivity contribution >= 4 is 11.5 Å². The Balaban J connectivity index is 3.04. The lowest BCUT2D eigenvalue weighted by molar-refractivity contribution is 0.354. The van der Waals surface area contributed by atoms with Crippen LogP contribution in [0.15, 0.2) is 35.3 Å². The Kier molecular flexibility index (Phi) is 4.31. The predicted molar refractivity (Wildman–Crippen MR) is 64.5 cm³/mol. The van der Waals surface area contributed by atoms with Gasteiger partial charge in [-0.2, -0.15) is 0 Å². The molecule has 0 atom stereocenters. The molecule has 3 nitrogen and oxygen atoms in total. The van der Waals surface area contributed by atoms with Crippen molar-refractivity contribution in [3.8, 4) is 0 Å². The monoisotopic (exact) mass is 206 g/mol. The first-order valence-electron chi connectivity index (χ1n) is 5.11. The van der Waals surface area contributed by atoms with Gasteiger partial charge in [0, 0.05) is 18.8 Å². The molecule has 0 spiro atoms. The Morgan fingerprint density at radius 1 is 1.33 bits per heavy atom.